The predicted molar refractivity (Wildman–Crippen MR) is 78.7 cm³/mol. The molecule has 1 atom stereocenters. The molecule has 0 spiro atoms. The molecule has 0 aromatic heterocycles. The van der Waals surface area contributed by atoms with Crippen LogP contribution in [0.2, 0.25) is 0 Å². The normalized spacial score (nSPS) is 14.3. The van der Waals surface area contributed by atoms with Crippen LogP contribution in [0.4, 0.5) is 0 Å². The molecule has 0 saturated carbocycles. The zero-order valence-corrected chi connectivity index (χ0v) is 12.5. The molecule has 0 aliphatic carbocycles. The Morgan fingerprint density at radius 2 is 1.56 bits per heavy atom. The first-order chi connectivity index (χ1) is 8.39. The van der Waals surface area contributed by atoms with Crippen molar-refractivity contribution >= 4 is 15.9 Å². The van der Waals surface area contributed by atoms with Crippen molar-refractivity contribution in [1.29, 1.82) is 0 Å². The van der Waals surface area contributed by atoms with E-state index >= 15 is 0 Å². The standard InChI is InChI=1S/C16H17BrO/c1-11-7-12(2)9-14(8-11)16(3,18)13-5-4-6-15(17)10-13/h4-10,18H,1-3H3. The molecule has 18 heavy (non-hydrogen) atoms. The Hall–Kier alpha value is -1.12. The van der Waals surface area contributed by atoms with Gasteiger partial charge < -0.3 is 5.11 Å². The predicted octanol–water partition coefficient (Wildman–Crippen LogP) is 4.32. The van der Waals surface area contributed by atoms with Crippen LogP contribution in [0.15, 0.2) is 46.9 Å². The summed E-state index contributed by atoms with van der Waals surface area (Å²) in [6.45, 7) is 5.93. The van der Waals surface area contributed by atoms with Gasteiger partial charge in [-0.15, -0.1) is 0 Å². The third kappa shape index (κ3) is 2.65. The van der Waals surface area contributed by atoms with Crippen molar-refractivity contribution in [2.24, 2.45) is 0 Å². The number of hydrogen-bond acceptors (Lipinski definition) is 1. The van der Waals surface area contributed by atoms with Crippen LogP contribution in [0.1, 0.15) is 29.2 Å². The lowest BCUT2D eigenvalue weighted by Crippen LogP contribution is -2.23. The molecule has 1 unspecified atom stereocenters. The Labute approximate surface area is 117 Å². The second kappa shape index (κ2) is 4.87. The van der Waals surface area contributed by atoms with Gasteiger partial charge in [0, 0.05) is 4.47 Å². The van der Waals surface area contributed by atoms with E-state index in [2.05, 4.69) is 22.0 Å². The third-order valence-corrected chi connectivity index (χ3v) is 3.66. The molecular formula is C16H17BrO. The van der Waals surface area contributed by atoms with E-state index in [9.17, 15) is 5.11 Å². The Bertz CT molecular complexity index is 553. The number of aliphatic hydroxyl groups is 1. The van der Waals surface area contributed by atoms with E-state index in [1.165, 1.54) is 11.1 Å². The molecule has 0 fully saturated rings. The lowest BCUT2D eigenvalue weighted by Gasteiger charge is -2.25. The van der Waals surface area contributed by atoms with Gasteiger partial charge in [0.2, 0.25) is 0 Å². The Kier molecular flexibility index (Phi) is 3.60. The van der Waals surface area contributed by atoms with Crippen LogP contribution >= 0.6 is 15.9 Å². The SMILES string of the molecule is Cc1cc(C)cc(C(C)(O)c2cccc(Br)c2)c1. The van der Waals surface area contributed by atoms with E-state index in [-0.39, 0.29) is 0 Å². The largest absolute Gasteiger partial charge is 0.381 e. The summed E-state index contributed by atoms with van der Waals surface area (Å²) < 4.78 is 0.977. The molecule has 94 valence electrons. The van der Waals surface area contributed by atoms with Crippen LogP contribution in [0, 0.1) is 13.8 Å². The lowest BCUT2D eigenvalue weighted by atomic mass is 9.86. The molecule has 2 aromatic carbocycles. The highest BCUT2D eigenvalue weighted by atomic mass is 79.9. The maximum atomic E-state index is 10.8. The monoisotopic (exact) mass is 304 g/mol. The highest BCUT2D eigenvalue weighted by Gasteiger charge is 2.26. The fourth-order valence-electron chi connectivity index (χ4n) is 2.21. The molecule has 2 heteroatoms. The molecule has 0 amide bonds. The second-order valence-corrected chi connectivity index (χ2v) is 5.87. The molecule has 0 heterocycles. The van der Waals surface area contributed by atoms with E-state index in [1.54, 1.807) is 0 Å². The number of aryl methyl sites for hydroxylation is 2. The Morgan fingerprint density at radius 1 is 0.944 bits per heavy atom. The molecule has 0 aliphatic heterocycles. The van der Waals surface area contributed by atoms with Crippen molar-refractivity contribution < 1.29 is 5.11 Å². The van der Waals surface area contributed by atoms with Gasteiger partial charge in [0.15, 0.2) is 0 Å². The number of halogens is 1. The summed E-state index contributed by atoms with van der Waals surface area (Å²) in [5.41, 5.74) is 3.18. The van der Waals surface area contributed by atoms with Crippen LogP contribution < -0.4 is 0 Å². The maximum Gasteiger partial charge on any atom is 0.112 e. The molecule has 0 radical (unpaired) electrons. The van der Waals surface area contributed by atoms with Gasteiger partial charge in [0.25, 0.3) is 0 Å². The zero-order chi connectivity index (χ0) is 13.3. The quantitative estimate of drug-likeness (QED) is 0.876. The fraction of sp³-hybridized carbons (Fsp3) is 0.250. The molecule has 0 saturated heterocycles. The van der Waals surface area contributed by atoms with Gasteiger partial charge in [-0.1, -0.05) is 57.4 Å². The van der Waals surface area contributed by atoms with Gasteiger partial charge in [-0.25, -0.2) is 0 Å². The van der Waals surface area contributed by atoms with Gasteiger partial charge in [-0.05, 0) is 44.0 Å². The smallest absolute Gasteiger partial charge is 0.112 e. The van der Waals surface area contributed by atoms with Crippen LogP contribution in [0.25, 0.3) is 0 Å². The van der Waals surface area contributed by atoms with E-state index in [4.69, 9.17) is 0 Å². The van der Waals surface area contributed by atoms with Crippen molar-refractivity contribution in [1.82, 2.24) is 0 Å². The van der Waals surface area contributed by atoms with Crippen molar-refractivity contribution in [3.8, 4) is 0 Å². The van der Waals surface area contributed by atoms with Gasteiger partial charge in [0.05, 0.1) is 0 Å². The van der Waals surface area contributed by atoms with Gasteiger partial charge in [-0.2, -0.15) is 0 Å². The molecule has 0 aliphatic rings. The molecule has 2 rings (SSSR count). The molecule has 1 N–H and O–H groups in total. The summed E-state index contributed by atoms with van der Waals surface area (Å²) in [7, 11) is 0. The maximum absolute atomic E-state index is 10.8. The summed E-state index contributed by atoms with van der Waals surface area (Å²) in [5, 5.41) is 10.8. The topological polar surface area (TPSA) is 20.2 Å². The summed E-state index contributed by atoms with van der Waals surface area (Å²) in [6.07, 6.45) is 0. The minimum absolute atomic E-state index is 0.891. The van der Waals surface area contributed by atoms with Crippen LogP contribution in [0.5, 0.6) is 0 Å². The Morgan fingerprint density at radius 3 is 2.11 bits per heavy atom. The number of benzene rings is 2. The minimum Gasteiger partial charge on any atom is -0.381 e. The average Bonchev–Trinajstić information content (AvgIpc) is 2.27. The molecule has 1 nitrogen and oxygen atoms in total. The first-order valence-electron chi connectivity index (χ1n) is 5.97. The van der Waals surface area contributed by atoms with E-state index in [0.717, 1.165) is 15.6 Å². The minimum atomic E-state index is -0.972. The second-order valence-electron chi connectivity index (χ2n) is 4.96. The molecule has 0 bridgehead atoms. The number of rotatable bonds is 2. The van der Waals surface area contributed by atoms with Gasteiger partial charge >= 0.3 is 0 Å². The molecule has 2 aromatic rings. The summed E-state index contributed by atoms with van der Waals surface area (Å²) in [5.74, 6) is 0. The summed E-state index contributed by atoms with van der Waals surface area (Å²) in [4.78, 5) is 0. The van der Waals surface area contributed by atoms with Crippen molar-refractivity contribution in [3.05, 3.63) is 69.2 Å². The number of hydrogen-bond donors (Lipinski definition) is 1. The van der Waals surface area contributed by atoms with Crippen molar-refractivity contribution in [3.63, 3.8) is 0 Å². The lowest BCUT2D eigenvalue weighted by molar-refractivity contribution is 0.102. The Balaban J connectivity index is 2.53. The van der Waals surface area contributed by atoms with Crippen LogP contribution in [0.3, 0.4) is 0 Å². The average molecular weight is 305 g/mol. The van der Waals surface area contributed by atoms with Gasteiger partial charge in [0.1, 0.15) is 5.60 Å². The first-order valence-corrected chi connectivity index (χ1v) is 6.76. The third-order valence-electron chi connectivity index (χ3n) is 3.17. The summed E-state index contributed by atoms with van der Waals surface area (Å²) in [6, 6.07) is 14.0. The van der Waals surface area contributed by atoms with E-state index in [1.807, 2.05) is 57.2 Å². The van der Waals surface area contributed by atoms with Gasteiger partial charge in [-0.3, -0.25) is 0 Å². The highest BCUT2D eigenvalue weighted by molar-refractivity contribution is 9.10. The summed E-state index contributed by atoms with van der Waals surface area (Å²) >= 11 is 3.44. The van der Waals surface area contributed by atoms with E-state index < -0.39 is 5.60 Å². The zero-order valence-electron chi connectivity index (χ0n) is 10.9. The van der Waals surface area contributed by atoms with E-state index in [0.29, 0.717) is 0 Å². The van der Waals surface area contributed by atoms with Crippen LogP contribution in [-0.2, 0) is 5.60 Å². The van der Waals surface area contributed by atoms with Crippen molar-refractivity contribution in [2.75, 3.05) is 0 Å². The highest BCUT2D eigenvalue weighted by Crippen LogP contribution is 2.31. The fourth-order valence-corrected chi connectivity index (χ4v) is 2.61. The van der Waals surface area contributed by atoms with Crippen molar-refractivity contribution in [2.45, 2.75) is 26.4 Å². The van der Waals surface area contributed by atoms with Crippen LogP contribution in [-0.4, -0.2) is 5.11 Å². The first kappa shape index (κ1) is 13.3. The molecular weight excluding hydrogens is 288 g/mol.